The molecule has 0 aliphatic carbocycles. The van der Waals surface area contributed by atoms with E-state index in [0.717, 1.165) is 55.4 Å². The zero-order valence-corrected chi connectivity index (χ0v) is 30.9. The molecule has 0 unspecified atom stereocenters. The molecule has 0 atom stereocenters. The van der Waals surface area contributed by atoms with Gasteiger partial charge in [-0.25, -0.2) is 4.98 Å². The van der Waals surface area contributed by atoms with Crippen LogP contribution in [0.1, 0.15) is 38.8 Å². The van der Waals surface area contributed by atoms with Crippen molar-refractivity contribution in [3.63, 3.8) is 0 Å². The Balaban J connectivity index is 0.00000348. The van der Waals surface area contributed by atoms with Crippen molar-refractivity contribution in [3.05, 3.63) is 139 Å². The van der Waals surface area contributed by atoms with Crippen LogP contribution < -0.4 is 4.74 Å². The van der Waals surface area contributed by atoms with E-state index in [2.05, 4.69) is 116 Å². The predicted octanol–water partition coefficient (Wildman–Crippen LogP) is 10.5. The molecule has 250 valence electrons. The molecule has 51 heavy (non-hydrogen) atoms. The molecular formula is C44H33N5OPt. The summed E-state index contributed by atoms with van der Waals surface area (Å²) in [4.78, 5) is 14.9. The summed E-state index contributed by atoms with van der Waals surface area (Å²) in [6.45, 7) is 9.35. The summed E-state index contributed by atoms with van der Waals surface area (Å²) in [5, 5.41) is 4.15. The zero-order valence-electron chi connectivity index (χ0n) is 28.6. The first-order valence-corrected chi connectivity index (χ1v) is 17.3. The van der Waals surface area contributed by atoms with Crippen LogP contribution in [0, 0.1) is 24.0 Å². The van der Waals surface area contributed by atoms with Gasteiger partial charge in [0.1, 0.15) is 5.82 Å². The second kappa shape index (κ2) is 11.6. The topological polar surface area (TPSA) is 57.2 Å². The van der Waals surface area contributed by atoms with Crippen LogP contribution in [0.3, 0.4) is 0 Å². The number of ether oxygens (including phenoxy) is 1. The van der Waals surface area contributed by atoms with Gasteiger partial charge in [-0.15, -0.1) is 23.6 Å². The van der Waals surface area contributed by atoms with Crippen LogP contribution in [0.2, 0.25) is 0 Å². The summed E-state index contributed by atoms with van der Waals surface area (Å²) in [6.07, 6.45) is 5.81. The number of para-hydroxylation sites is 1. The van der Waals surface area contributed by atoms with Gasteiger partial charge in [0.05, 0.1) is 22.4 Å². The van der Waals surface area contributed by atoms with Gasteiger partial charge in [0.2, 0.25) is 0 Å². The molecule has 0 spiro atoms. The maximum absolute atomic E-state index is 6.59. The van der Waals surface area contributed by atoms with Crippen molar-refractivity contribution in [2.75, 3.05) is 0 Å². The molecule has 0 fully saturated rings. The van der Waals surface area contributed by atoms with Crippen LogP contribution in [-0.2, 0) is 26.5 Å². The summed E-state index contributed by atoms with van der Waals surface area (Å²) >= 11 is 0. The summed E-state index contributed by atoms with van der Waals surface area (Å²) in [6, 6.07) is 40.8. The van der Waals surface area contributed by atoms with E-state index >= 15 is 0 Å². The third kappa shape index (κ3) is 4.36. The van der Waals surface area contributed by atoms with Gasteiger partial charge in [-0.05, 0) is 41.0 Å². The minimum Gasteiger partial charge on any atom is -0.503 e. The van der Waals surface area contributed by atoms with E-state index in [0.29, 0.717) is 23.3 Å². The molecule has 0 saturated carbocycles. The van der Waals surface area contributed by atoms with Crippen molar-refractivity contribution < 1.29 is 25.8 Å². The van der Waals surface area contributed by atoms with Gasteiger partial charge in [-0.1, -0.05) is 111 Å². The first-order valence-electron chi connectivity index (χ1n) is 17.3. The Kier molecular flexibility index (Phi) is 7.20. The van der Waals surface area contributed by atoms with Crippen LogP contribution in [0.4, 0.5) is 0 Å². The van der Waals surface area contributed by atoms with Crippen LogP contribution >= 0.6 is 0 Å². The maximum atomic E-state index is 6.59. The van der Waals surface area contributed by atoms with Gasteiger partial charge in [0.25, 0.3) is 0 Å². The molecule has 4 aromatic carbocycles. The summed E-state index contributed by atoms with van der Waals surface area (Å²) in [5.74, 6) is 2.90. The number of hydrogen-bond acceptors (Lipinski definition) is 4. The SMILES string of the molecule is CC(C)C1(C(C)C)c2cccnc2-n2c3[c-]c(Oc4[c-]c5c(cc4)c4ncccc4n4cc(-c6ccccc6)nc54)ccc3c3cccc1c32.[Pt+2]. The average molecular weight is 843 g/mol. The molecule has 9 aromatic rings. The van der Waals surface area contributed by atoms with Gasteiger partial charge >= 0.3 is 21.1 Å². The monoisotopic (exact) mass is 842 g/mol. The van der Waals surface area contributed by atoms with Gasteiger partial charge in [0.15, 0.2) is 0 Å². The van der Waals surface area contributed by atoms with Crippen molar-refractivity contribution in [2.24, 2.45) is 11.8 Å². The van der Waals surface area contributed by atoms with Crippen molar-refractivity contribution in [1.82, 2.24) is 23.9 Å². The number of rotatable bonds is 5. The summed E-state index contributed by atoms with van der Waals surface area (Å²) in [5.41, 5.74) is 9.21. The zero-order chi connectivity index (χ0) is 33.7. The fourth-order valence-electron chi connectivity index (χ4n) is 8.84. The van der Waals surface area contributed by atoms with E-state index in [9.17, 15) is 0 Å². The summed E-state index contributed by atoms with van der Waals surface area (Å²) in [7, 11) is 0. The number of hydrogen-bond donors (Lipinski definition) is 0. The minimum absolute atomic E-state index is 0. The largest absolute Gasteiger partial charge is 2.00 e. The number of nitrogens with zero attached hydrogens (tertiary/aromatic N) is 5. The van der Waals surface area contributed by atoms with E-state index in [1.165, 1.54) is 22.0 Å². The van der Waals surface area contributed by atoms with Gasteiger partial charge < -0.3 is 13.7 Å². The molecule has 5 aromatic heterocycles. The first kappa shape index (κ1) is 31.6. The molecule has 6 nitrogen and oxygen atoms in total. The summed E-state index contributed by atoms with van der Waals surface area (Å²) < 4.78 is 11.0. The third-order valence-electron chi connectivity index (χ3n) is 10.8. The molecule has 7 heteroatoms. The Labute approximate surface area is 310 Å². The number of fused-ring (bicyclic) bond motifs is 11. The maximum Gasteiger partial charge on any atom is 2.00 e. The van der Waals surface area contributed by atoms with Gasteiger partial charge in [-0.2, -0.15) is 6.07 Å². The molecule has 0 bridgehead atoms. The van der Waals surface area contributed by atoms with Gasteiger partial charge in [0, 0.05) is 52.1 Å². The number of benzene rings is 4. The molecule has 0 radical (unpaired) electrons. The van der Waals surface area contributed by atoms with E-state index < -0.39 is 0 Å². The Morgan fingerprint density at radius 1 is 0.686 bits per heavy atom. The van der Waals surface area contributed by atoms with Crippen molar-refractivity contribution in [1.29, 1.82) is 0 Å². The Morgan fingerprint density at radius 3 is 2.22 bits per heavy atom. The minimum atomic E-state index is -0.176. The van der Waals surface area contributed by atoms with Crippen LogP contribution in [-0.4, -0.2) is 23.9 Å². The number of aromatic nitrogens is 5. The van der Waals surface area contributed by atoms with Gasteiger partial charge in [-0.3, -0.25) is 9.97 Å². The standard InChI is InChI=1S/C44H33N5O.Pt/c1-26(2)44(27(3)4)35-14-8-13-33-31-19-17-30(24-39(31)49(41(33)35)43-36(44)15-9-22-46-43)50-29-18-20-32-34(23-29)42-47-37(28-11-6-5-7-12-28)25-48(42)38-16-10-21-45-40(32)38;/h5-22,25-27H,1-4H3;/q-2;+2. The fourth-order valence-corrected chi connectivity index (χ4v) is 8.84. The predicted molar refractivity (Wildman–Crippen MR) is 200 cm³/mol. The van der Waals surface area contributed by atoms with Crippen LogP contribution in [0.25, 0.3) is 66.3 Å². The second-order valence-electron chi connectivity index (χ2n) is 13.9. The third-order valence-corrected chi connectivity index (χ3v) is 10.8. The Hall–Kier alpha value is -5.32. The van der Waals surface area contributed by atoms with Crippen molar-refractivity contribution in [2.45, 2.75) is 33.1 Å². The smallest absolute Gasteiger partial charge is 0.503 e. The Morgan fingerprint density at radius 2 is 1.41 bits per heavy atom. The van der Waals surface area contributed by atoms with Crippen LogP contribution in [0.5, 0.6) is 11.5 Å². The van der Waals surface area contributed by atoms with Crippen molar-refractivity contribution in [3.8, 4) is 28.6 Å². The first-order chi connectivity index (χ1) is 24.4. The molecule has 0 saturated heterocycles. The number of pyridine rings is 3. The van der Waals surface area contributed by atoms with E-state index in [1.807, 2.05) is 48.8 Å². The molecule has 1 aliphatic rings. The molecular weight excluding hydrogens is 810 g/mol. The van der Waals surface area contributed by atoms with E-state index in [1.54, 1.807) is 0 Å². The quantitative estimate of drug-likeness (QED) is 0.128. The Bertz CT molecular complexity index is 2810. The molecule has 6 heterocycles. The van der Waals surface area contributed by atoms with E-state index in [4.69, 9.17) is 19.7 Å². The molecule has 0 N–H and O–H groups in total. The number of imidazole rings is 1. The van der Waals surface area contributed by atoms with E-state index in [-0.39, 0.29) is 26.5 Å². The molecule has 0 amide bonds. The second-order valence-corrected chi connectivity index (χ2v) is 13.9. The van der Waals surface area contributed by atoms with Crippen molar-refractivity contribution >= 4 is 49.3 Å². The molecule has 10 rings (SSSR count). The fraction of sp³-hybridized carbons (Fsp3) is 0.159. The normalized spacial score (nSPS) is 13.5. The average Bonchev–Trinajstić information content (AvgIpc) is 3.74. The van der Waals surface area contributed by atoms with Crippen LogP contribution in [0.15, 0.2) is 116 Å². The molecule has 1 aliphatic heterocycles.